The van der Waals surface area contributed by atoms with Crippen molar-refractivity contribution in [1.82, 2.24) is 9.97 Å². The van der Waals surface area contributed by atoms with E-state index in [4.69, 9.17) is 15.1 Å². The van der Waals surface area contributed by atoms with Crippen LogP contribution in [0.5, 0.6) is 0 Å². The molecular formula is C21H21N3O2S. The number of carbonyl (C=O) groups is 1. The van der Waals surface area contributed by atoms with Crippen molar-refractivity contribution >= 4 is 28.8 Å². The average Bonchev–Trinajstić information content (AvgIpc) is 3.19. The second-order valence-electron chi connectivity index (χ2n) is 6.08. The predicted molar refractivity (Wildman–Crippen MR) is 110 cm³/mol. The third kappa shape index (κ3) is 4.41. The van der Waals surface area contributed by atoms with Crippen LogP contribution in [0.25, 0.3) is 11.4 Å². The van der Waals surface area contributed by atoms with Crippen LogP contribution < -0.4 is 5.32 Å². The van der Waals surface area contributed by atoms with Gasteiger partial charge in [0.25, 0.3) is 0 Å². The minimum absolute atomic E-state index is 0.250. The molecule has 2 heterocycles. The van der Waals surface area contributed by atoms with Gasteiger partial charge in [-0.2, -0.15) is 11.3 Å². The molecule has 3 rings (SSSR count). The number of aryl methyl sites for hydroxylation is 1. The molecule has 138 valence electrons. The Kier molecular flexibility index (Phi) is 5.98. The summed E-state index contributed by atoms with van der Waals surface area (Å²) in [6.07, 6.45) is 4.35. The maximum Gasteiger partial charge on any atom is 0.335 e. The number of allylic oxidation sites excluding steroid dienone is 1. The van der Waals surface area contributed by atoms with Crippen LogP contribution in [0.1, 0.15) is 35.0 Å². The molecule has 0 aliphatic heterocycles. The van der Waals surface area contributed by atoms with Crippen LogP contribution in [-0.2, 0) is 12.8 Å². The summed E-state index contributed by atoms with van der Waals surface area (Å²) >= 11 is 1.61. The lowest BCUT2D eigenvalue weighted by Crippen LogP contribution is -2.08. The number of anilines is 2. The fourth-order valence-electron chi connectivity index (χ4n) is 2.79. The van der Waals surface area contributed by atoms with Gasteiger partial charge in [0.05, 0.1) is 11.3 Å². The van der Waals surface area contributed by atoms with Gasteiger partial charge >= 0.3 is 5.97 Å². The van der Waals surface area contributed by atoms with Crippen LogP contribution in [0.15, 0.2) is 53.7 Å². The Morgan fingerprint density at radius 3 is 2.63 bits per heavy atom. The molecular weight excluding hydrogens is 358 g/mol. The molecule has 0 unspecified atom stereocenters. The Balaban J connectivity index is 2.04. The molecule has 2 aromatic heterocycles. The molecule has 5 nitrogen and oxygen atoms in total. The van der Waals surface area contributed by atoms with Gasteiger partial charge in [0.1, 0.15) is 5.82 Å². The molecule has 0 fully saturated rings. The van der Waals surface area contributed by atoms with E-state index in [9.17, 15) is 4.79 Å². The lowest BCUT2D eigenvalue weighted by molar-refractivity contribution is 0.0697. The summed E-state index contributed by atoms with van der Waals surface area (Å²) in [5.74, 6) is 0.482. The predicted octanol–water partition coefficient (Wildman–Crippen LogP) is 5.33. The first kappa shape index (κ1) is 18.8. The van der Waals surface area contributed by atoms with E-state index in [0.717, 1.165) is 41.2 Å². The monoisotopic (exact) mass is 379 g/mol. The first-order valence-corrected chi connectivity index (χ1v) is 9.70. The van der Waals surface area contributed by atoms with Crippen LogP contribution >= 0.6 is 11.3 Å². The van der Waals surface area contributed by atoms with Gasteiger partial charge in [0.2, 0.25) is 0 Å². The van der Waals surface area contributed by atoms with Crippen molar-refractivity contribution in [2.45, 2.75) is 26.2 Å². The van der Waals surface area contributed by atoms with E-state index in [1.54, 1.807) is 35.6 Å². The number of aromatic carboxylic acids is 1. The largest absolute Gasteiger partial charge is 0.478 e. The Morgan fingerprint density at radius 2 is 2.04 bits per heavy atom. The number of thiophene rings is 1. The van der Waals surface area contributed by atoms with Gasteiger partial charge in [-0.15, -0.1) is 6.58 Å². The molecule has 0 saturated heterocycles. The molecule has 2 N–H and O–H groups in total. The van der Waals surface area contributed by atoms with Crippen LogP contribution in [0.2, 0.25) is 0 Å². The Bertz CT molecular complexity index is 935. The molecule has 0 spiro atoms. The normalized spacial score (nSPS) is 10.6. The Hall–Kier alpha value is -2.99. The number of rotatable bonds is 8. The van der Waals surface area contributed by atoms with E-state index in [1.807, 2.05) is 22.9 Å². The van der Waals surface area contributed by atoms with Gasteiger partial charge in [-0.3, -0.25) is 0 Å². The average molecular weight is 379 g/mol. The highest BCUT2D eigenvalue weighted by atomic mass is 32.1. The fraction of sp³-hybridized carbons (Fsp3) is 0.190. The molecule has 0 saturated carbocycles. The fourth-order valence-corrected chi connectivity index (χ4v) is 3.42. The third-order valence-electron chi connectivity index (χ3n) is 4.10. The zero-order valence-electron chi connectivity index (χ0n) is 15.1. The maximum atomic E-state index is 11.1. The van der Waals surface area contributed by atoms with Crippen molar-refractivity contribution in [1.29, 1.82) is 0 Å². The minimum Gasteiger partial charge on any atom is -0.478 e. The standard InChI is InChI=1S/C21H21N3O2S/c1-3-5-17-18(6-4-2)23-19(15-11-12-27-13-15)24-20(17)22-16-9-7-14(8-10-16)21(25)26/h3,7-13H,1,4-6H2,2H3,(H,25,26)(H,22,23,24). The van der Waals surface area contributed by atoms with Crippen molar-refractivity contribution in [2.75, 3.05) is 5.32 Å². The smallest absolute Gasteiger partial charge is 0.335 e. The molecule has 0 amide bonds. The minimum atomic E-state index is -0.944. The van der Waals surface area contributed by atoms with Gasteiger partial charge in [0.15, 0.2) is 5.82 Å². The van der Waals surface area contributed by atoms with Crippen LogP contribution in [0, 0.1) is 0 Å². The van der Waals surface area contributed by atoms with Crippen molar-refractivity contribution in [3.63, 3.8) is 0 Å². The SMILES string of the molecule is C=CCc1c(CCC)nc(-c2ccsc2)nc1Nc1ccc(C(=O)O)cc1. The highest BCUT2D eigenvalue weighted by Gasteiger charge is 2.15. The highest BCUT2D eigenvalue weighted by Crippen LogP contribution is 2.28. The number of hydrogen-bond acceptors (Lipinski definition) is 5. The van der Waals surface area contributed by atoms with Gasteiger partial charge in [-0.25, -0.2) is 14.8 Å². The summed E-state index contributed by atoms with van der Waals surface area (Å²) in [4.78, 5) is 20.6. The Labute approximate surface area is 162 Å². The van der Waals surface area contributed by atoms with Crippen LogP contribution in [-0.4, -0.2) is 21.0 Å². The van der Waals surface area contributed by atoms with E-state index >= 15 is 0 Å². The second-order valence-corrected chi connectivity index (χ2v) is 6.86. The first-order valence-electron chi connectivity index (χ1n) is 8.76. The molecule has 0 aliphatic carbocycles. The number of nitrogens with one attached hydrogen (secondary N) is 1. The number of benzene rings is 1. The summed E-state index contributed by atoms with van der Waals surface area (Å²) < 4.78 is 0. The zero-order valence-corrected chi connectivity index (χ0v) is 15.9. The highest BCUT2D eigenvalue weighted by molar-refractivity contribution is 7.08. The van der Waals surface area contributed by atoms with Crippen LogP contribution in [0.4, 0.5) is 11.5 Å². The molecule has 27 heavy (non-hydrogen) atoms. The van der Waals surface area contributed by atoms with E-state index in [2.05, 4.69) is 18.8 Å². The van der Waals surface area contributed by atoms with Crippen LogP contribution in [0.3, 0.4) is 0 Å². The quantitative estimate of drug-likeness (QED) is 0.518. The third-order valence-corrected chi connectivity index (χ3v) is 4.79. The number of hydrogen-bond donors (Lipinski definition) is 2. The molecule has 0 aliphatic rings. The van der Waals surface area contributed by atoms with Gasteiger partial charge < -0.3 is 10.4 Å². The summed E-state index contributed by atoms with van der Waals surface area (Å²) in [6, 6.07) is 8.64. The molecule has 6 heteroatoms. The van der Waals surface area contributed by atoms with Gasteiger partial charge in [-0.1, -0.05) is 19.4 Å². The lowest BCUT2D eigenvalue weighted by Gasteiger charge is -2.15. The van der Waals surface area contributed by atoms with Gasteiger partial charge in [0, 0.05) is 22.2 Å². The van der Waals surface area contributed by atoms with E-state index in [0.29, 0.717) is 12.2 Å². The van der Waals surface area contributed by atoms with E-state index in [-0.39, 0.29) is 5.56 Å². The number of carboxylic acids is 1. The van der Waals surface area contributed by atoms with Crippen molar-refractivity contribution < 1.29 is 9.90 Å². The molecule has 0 bridgehead atoms. The first-order chi connectivity index (χ1) is 13.1. The molecule has 1 aromatic carbocycles. The number of nitrogens with zero attached hydrogens (tertiary/aromatic N) is 2. The van der Waals surface area contributed by atoms with Gasteiger partial charge in [-0.05, 0) is 48.6 Å². The molecule has 3 aromatic rings. The van der Waals surface area contributed by atoms with Crippen molar-refractivity contribution in [3.05, 3.63) is 70.6 Å². The maximum absolute atomic E-state index is 11.1. The summed E-state index contributed by atoms with van der Waals surface area (Å²) in [7, 11) is 0. The lowest BCUT2D eigenvalue weighted by atomic mass is 10.1. The van der Waals surface area contributed by atoms with E-state index < -0.39 is 5.97 Å². The van der Waals surface area contributed by atoms with Crippen molar-refractivity contribution in [2.24, 2.45) is 0 Å². The zero-order chi connectivity index (χ0) is 19.2. The second kappa shape index (κ2) is 8.60. The topological polar surface area (TPSA) is 75.1 Å². The number of aromatic nitrogens is 2. The summed E-state index contributed by atoms with van der Waals surface area (Å²) in [6.45, 7) is 5.99. The summed E-state index contributed by atoms with van der Waals surface area (Å²) in [5, 5.41) is 16.4. The molecule has 0 radical (unpaired) electrons. The molecule has 0 atom stereocenters. The Morgan fingerprint density at radius 1 is 1.26 bits per heavy atom. The van der Waals surface area contributed by atoms with Crippen molar-refractivity contribution in [3.8, 4) is 11.4 Å². The number of carboxylic acid groups (broad SMARTS) is 1. The van der Waals surface area contributed by atoms with E-state index in [1.165, 1.54) is 0 Å². The summed E-state index contributed by atoms with van der Waals surface area (Å²) in [5.41, 5.74) is 4.06.